The smallest absolute Gasteiger partial charge is 0.462 e. The Hall–Kier alpha value is -1.77. The van der Waals surface area contributed by atoms with Crippen molar-refractivity contribution < 1.29 is 37.6 Å². The van der Waals surface area contributed by atoms with E-state index >= 15 is 0 Å². The third kappa shape index (κ3) is 36.0. The van der Waals surface area contributed by atoms with Gasteiger partial charge in [-0.15, -0.1) is 6.58 Å². The summed E-state index contributed by atoms with van der Waals surface area (Å²) in [5.74, 6) is -0.847. The van der Waals surface area contributed by atoms with Gasteiger partial charge in [0.2, 0.25) is 0 Å². The van der Waals surface area contributed by atoms with Gasteiger partial charge in [-0.1, -0.05) is 140 Å². The van der Waals surface area contributed by atoms with E-state index in [0.717, 1.165) is 70.6 Å². The maximum atomic E-state index is 12.5. The second-order valence-corrected chi connectivity index (χ2v) is 14.7. The summed E-state index contributed by atoms with van der Waals surface area (Å²) in [7, 11) is -4.37. The molecule has 0 amide bonds. The largest absolute Gasteiger partial charge is 0.472 e. The summed E-state index contributed by atoms with van der Waals surface area (Å²) < 4.78 is 32.7. The van der Waals surface area contributed by atoms with Gasteiger partial charge in [0.1, 0.15) is 6.61 Å². The zero-order valence-electron chi connectivity index (χ0n) is 31.7. The molecule has 0 fully saturated rings. The molecule has 0 aromatic heterocycles. The number of rotatable bonds is 38. The predicted molar refractivity (Wildman–Crippen MR) is 206 cm³/mol. The Morgan fingerprint density at radius 2 is 1.14 bits per heavy atom. The highest BCUT2D eigenvalue weighted by Crippen LogP contribution is 2.43. The maximum Gasteiger partial charge on any atom is 0.472 e. The van der Waals surface area contributed by atoms with Crippen LogP contribution < -0.4 is 5.73 Å². The Balaban J connectivity index is 4.20. The van der Waals surface area contributed by atoms with E-state index in [1.165, 1.54) is 70.6 Å². The zero-order valence-corrected chi connectivity index (χ0v) is 32.6. The van der Waals surface area contributed by atoms with E-state index in [9.17, 15) is 19.0 Å². The molecular weight excluding hydrogens is 653 g/mol. The van der Waals surface area contributed by atoms with Gasteiger partial charge in [0.15, 0.2) is 6.10 Å². The van der Waals surface area contributed by atoms with Crippen LogP contribution in [-0.4, -0.2) is 49.3 Å². The van der Waals surface area contributed by atoms with Crippen molar-refractivity contribution in [2.45, 2.75) is 180 Å². The maximum absolute atomic E-state index is 12.5. The zero-order chi connectivity index (χ0) is 36.8. The summed E-state index contributed by atoms with van der Waals surface area (Å²) >= 11 is 0. The molecule has 50 heavy (non-hydrogen) atoms. The quantitative estimate of drug-likeness (QED) is 0.0276. The van der Waals surface area contributed by atoms with Crippen molar-refractivity contribution in [3.05, 3.63) is 37.0 Å². The molecule has 2 atom stereocenters. The lowest BCUT2D eigenvalue weighted by Crippen LogP contribution is -2.29. The van der Waals surface area contributed by atoms with Gasteiger partial charge in [0.05, 0.1) is 13.2 Å². The fraction of sp³-hybridized carbons (Fsp3) is 0.800. The van der Waals surface area contributed by atoms with Crippen molar-refractivity contribution in [1.29, 1.82) is 0 Å². The third-order valence-corrected chi connectivity index (χ3v) is 9.38. The van der Waals surface area contributed by atoms with E-state index in [4.69, 9.17) is 24.3 Å². The molecule has 0 aromatic rings. The number of nitrogens with two attached hydrogens (primary N) is 1. The van der Waals surface area contributed by atoms with E-state index in [1.807, 2.05) is 6.08 Å². The number of unbranched alkanes of at least 4 members (excludes halogenated alkanes) is 20. The van der Waals surface area contributed by atoms with Gasteiger partial charge in [-0.3, -0.25) is 18.6 Å². The molecule has 9 nitrogen and oxygen atoms in total. The monoisotopic (exact) mass is 728 g/mol. The molecule has 0 saturated heterocycles. The summed E-state index contributed by atoms with van der Waals surface area (Å²) in [5, 5.41) is 0. The lowest BCUT2D eigenvalue weighted by molar-refractivity contribution is -0.161. The van der Waals surface area contributed by atoms with Crippen LogP contribution in [-0.2, 0) is 32.7 Å². The first-order chi connectivity index (χ1) is 24.3. The van der Waals surface area contributed by atoms with Gasteiger partial charge >= 0.3 is 19.8 Å². The van der Waals surface area contributed by atoms with E-state index in [-0.39, 0.29) is 32.6 Å². The van der Waals surface area contributed by atoms with E-state index in [1.54, 1.807) is 0 Å². The highest BCUT2D eigenvalue weighted by Gasteiger charge is 2.26. The van der Waals surface area contributed by atoms with Crippen molar-refractivity contribution in [3.8, 4) is 0 Å². The van der Waals surface area contributed by atoms with Gasteiger partial charge < -0.3 is 20.1 Å². The van der Waals surface area contributed by atoms with E-state index < -0.39 is 32.5 Å². The molecule has 0 aromatic carbocycles. The fourth-order valence-corrected chi connectivity index (χ4v) is 6.16. The summed E-state index contributed by atoms with van der Waals surface area (Å²) in [4.78, 5) is 34.7. The SMILES string of the molecule is C=CCCCCCCCCCCCCCCCC(=O)O[C@H](COC(=O)CCCCCCC/C=C/C/C=C/CCCC)COP(=O)(O)OCCN. The third-order valence-electron chi connectivity index (χ3n) is 8.39. The Labute approximate surface area is 305 Å². The first-order valence-corrected chi connectivity index (χ1v) is 21.4. The average molecular weight is 728 g/mol. The number of carbonyl (C=O) groups is 2. The molecule has 10 heteroatoms. The lowest BCUT2D eigenvalue weighted by Gasteiger charge is -2.19. The molecular formula is C40H74NO8P. The van der Waals surface area contributed by atoms with Crippen molar-refractivity contribution >= 4 is 19.8 Å². The summed E-state index contributed by atoms with van der Waals surface area (Å²) in [6.07, 6.45) is 37.8. The number of phosphoric ester groups is 1. The van der Waals surface area contributed by atoms with Crippen molar-refractivity contribution in [2.75, 3.05) is 26.4 Å². The summed E-state index contributed by atoms with van der Waals surface area (Å²) in [5.41, 5.74) is 5.33. The van der Waals surface area contributed by atoms with Crippen LogP contribution in [0.1, 0.15) is 174 Å². The first kappa shape index (κ1) is 48.2. The number of ether oxygens (including phenoxy) is 2. The standard InChI is InChI=1S/C40H74NO8P/c1-3-5-7-9-11-13-15-17-19-21-23-25-27-29-31-33-40(43)49-38(37-48-50(44,45)47-35-34-41)36-46-39(42)32-30-28-26-24-22-20-18-16-14-12-10-8-6-4-2/h3,10,12,16,18,38H,1,4-9,11,13-15,17,19-37,41H2,2H3,(H,44,45)/b12-10+,18-16+/t38-/m1/s1. The molecule has 0 spiro atoms. The van der Waals surface area contributed by atoms with Gasteiger partial charge in [-0.2, -0.15) is 0 Å². The Bertz CT molecular complexity index is 910. The van der Waals surface area contributed by atoms with Crippen LogP contribution in [0, 0.1) is 0 Å². The molecule has 292 valence electrons. The van der Waals surface area contributed by atoms with Crippen LogP contribution in [0.3, 0.4) is 0 Å². The Morgan fingerprint density at radius 1 is 0.660 bits per heavy atom. The highest BCUT2D eigenvalue weighted by molar-refractivity contribution is 7.47. The van der Waals surface area contributed by atoms with Crippen molar-refractivity contribution in [3.63, 3.8) is 0 Å². The topological polar surface area (TPSA) is 134 Å². The van der Waals surface area contributed by atoms with E-state index in [2.05, 4.69) is 37.8 Å². The van der Waals surface area contributed by atoms with Gasteiger partial charge in [0, 0.05) is 19.4 Å². The molecule has 0 aliphatic carbocycles. The Kier molecular flexibility index (Phi) is 35.7. The van der Waals surface area contributed by atoms with Gasteiger partial charge in [0.25, 0.3) is 0 Å². The van der Waals surface area contributed by atoms with E-state index in [0.29, 0.717) is 12.8 Å². The lowest BCUT2D eigenvalue weighted by atomic mass is 10.0. The van der Waals surface area contributed by atoms with Crippen LogP contribution in [0.5, 0.6) is 0 Å². The number of esters is 2. The molecule has 0 aliphatic rings. The molecule has 0 rings (SSSR count). The first-order valence-electron chi connectivity index (χ1n) is 19.9. The molecule has 1 unspecified atom stereocenters. The second-order valence-electron chi connectivity index (χ2n) is 13.2. The summed E-state index contributed by atoms with van der Waals surface area (Å²) in [6, 6.07) is 0. The molecule has 3 N–H and O–H groups in total. The van der Waals surface area contributed by atoms with Crippen molar-refractivity contribution in [1.82, 2.24) is 0 Å². The minimum absolute atomic E-state index is 0.0506. The van der Waals surface area contributed by atoms with Gasteiger partial charge in [-0.05, 0) is 51.4 Å². The normalized spacial score (nSPS) is 13.5. The number of allylic oxidation sites excluding steroid dienone is 5. The fourth-order valence-electron chi connectivity index (χ4n) is 5.39. The number of hydrogen-bond acceptors (Lipinski definition) is 8. The summed E-state index contributed by atoms with van der Waals surface area (Å²) in [6.45, 7) is 5.18. The van der Waals surface area contributed by atoms with Crippen LogP contribution in [0.25, 0.3) is 0 Å². The van der Waals surface area contributed by atoms with Crippen molar-refractivity contribution in [2.24, 2.45) is 5.73 Å². The van der Waals surface area contributed by atoms with Gasteiger partial charge in [-0.25, -0.2) is 4.57 Å². The molecule has 0 saturated carbocycles. The van der Waals surface area contributed by atoms with Crippen LogP contribution in [0.15, 0.2) is 37.0 Å². The average Bonchev–Trinajstić information content (AvgIpc) is 3.10. The van der Waals surface area contributed by atoms with Crippen LogP contribution >= 0.6 is 7.82 Å². The molecule has 0 radical (unpaired) electrons. The second kappa shape index (κ2) is 37.0. The Morgan fingerprint density at radius 3 is 1.66 bits per heavy atom. The molecule has 0 bridgehead atoms. The molecule has 0 aliphatic heterocycles. The molecule has 0 heterocycles. The van der Waals surface area contributed by atoms with Crippen LogP contribution in [0.2, 0.25) is 0 Å². The highest BCUT2D eigenvalue weighted by atomic mass is 31.2. The predicted octanol–water partition coefficient (Wildman–Crippen LogP) is 11.0. The van der Waals surface area contributed by atoms with Crippen LogP contribution in [0.4, 0.5) is 0 Å². The number of carbonyl (C=O) groups excluding carboxylic acids is 2. The number of phosphoric acid groups is 1. The minimum atomic E-state index is -4.37. The minimum Gasteiger partial charge on any atom is -0.462 e. The number of hydrogen-bond donors (Lipinski definition) is 2.